The van der Waals surface area contributed by atoms with Crippen LogP contribution in [0.5, 0.6) is 0 Å². The highest BCUT2D eigenvalue weighted by Gasteiger charge is 2.26. The van der Waals surface area contributed by atoms with Crippen LogP contribution >= 0.6 is 11.6 Å². The van der Waals surface area contributed by atoms with Gasteiger partial charge in [-0.25, -0.2) is 0 Å². The summed E-state index contributed by atoms with van der Waals surface area (Å²) in [5.74, 6) is 5.63. The molecule has 1 aromatic rings. The first kappa shape index (κ1) is 14.5. The number of nitrogens with two attached hydrogens (primary N) is 1. The van der Waals surface area contributed by atoms with E-state index in [2.05, 4.69) is 38.2 Å². The molecule has 5 heteroatoms. The highest BCUT2D eigenvalue weighted by molar-refractivity contribution is 6.31. The number of rotatable bonds is 4. The third-order valence-electron chi connectivity index (χ3n) is 3.10. The van der Waals surface area contributed by atoms with Gasteiger partial charge in [0.2, 0.25) is 0 Å². The quantitative estimate of drug-likeness (QED) is 0.644. The van der Waals surface area contributed by atoms with E-state index < -0.39 is 0 Å². The summed E-state index contributed by atoms with van der Waals surface area (Å²) >= 11 is 6.29. The molecule has 0 saturated heterocycles. The Morgan fingerprint density at radius 1 is 1.47 bits per heavy atom. The lowest BCUT2D eigenvalue weighted by Crippen LogP contribution is -2.46. The van der Waals surface area contributed by atoms with Gasteiger partial charge < -0.3 is 0 Å². The second-order valence-electron chi connectivity index (χ2n) is 5.45. The number of nitrogens with zero attached hydrogens (tertiary/aromatic N) is 2. The molecule has 1 heterocycles. The molecule has 4 nitrogen and oxygen atoms in total. The van der Waals surface area contributed by atoms with Gasteiger partial charge in [0.25, 0.3) is 0 Å². The summed E-state index contributed by atoms with van der Waals surface area (Å²) in [6.45, 7) is 11.3. The second-order valence-corrected chi connectivity index (χ2v) is 5.83. The van der Waals surface area contributed by atoms with Gasteiger partial charge in [-0.1, -0.05) is 32.4 Å². The van der Waals surface area contributed by atoms with Crippen LogP contribution in [0.3, 0.4) is 0 Å². The van der Waals surface area contributed by atoms with Crippen LogP contribution in [0, 0.1) is 12.3 Å². The lowest BCUT2D eigenvalue weighted by atomic mass is 9.84. The predicted molar refractivity (Wildman–Crippen MR) is 71.9 cm³/mol. The maximum Gasteiger partial charge on any atom is 0.0847 e. The average Bonchev–Trinajstić information content (AvgIpc) is 2.50. The molecule has 0 amide bonds. The highest BCUT2D eigenvalue weighted by Crippen LogP contribution is 2.27. The molecule has 1 aromatic heterocycles. The molecule has 0 bridgehead atoms. The van der Waals surface area contributed by atoms with Crippen molar-refractivity contribution in [3.8, 4) is 0 Å². The first-order chi connectivity index (χ1) is 7.81. The largest absolute Gasteiger partial charge is 0.271 e. The second kappa shape index (κ2) is 5.38. The van der Waals surface area contributed by atoms with Gasteiger partial charge in [-0.15, -0.1) is 0 Å². The lowest BCUT2D eigenvalue weighted by Gasteiger charge is -2.30. The van der Waals surface area contributed by atoms with Gasteiger partial charge in [-0.3, -0.25) is 16.0 Å². The minimum absolute atomic E-state index is 0.0782. The van der Waals surface area contributed by atoms with Gasteiger partial charge in [-0.05, 0) is 19.3 Å². The normalized spacial score (nSPS) is 14.1. The minimum atomic E-state index is 0.0782. The van der Waals surface area contributed by atoms with E-state index in [-0.39, 0.29) is 11.5 Å². The van der Waals surface area contributed by atoms with Crippen molar-refractivity contribution in [3.63, 3.8) is 0 Å². The number of hydrogen-bond acceptors (Lipinski definition) is 3. The molecule has 0 aromatic carbocycles. The Morgan fingerprint density at radius 3 is 2.47 bits per heavy atom. The molecule has 0 radical (unpaired) electrons. The van der Waals surface area contributed by atoms with Crippen LogP contribution in [0.4, 0.5) is 0 Å². The number of aromatic nitrogens is 2. The molecule has 3 N–H and O–H groups in total. The van der Waals surface area contributed by atoms with E-state index in [1.165, 1.54) is 0 Å². The maximum absolute atomic E-state index is 6.29. The van der Waals surface area contributed by atoms with Gasteiger partial charge in [0, 0.05) is 19.0 Å². The van der Waals surface area contributed by atoms with Crippen molar-refractivity contribution in [1.29, 1.82) is 0 Å². The van der Waals surface area contributed by atoms with E-state index in [9.17, 15) is 0 Å². The van der Waals surface area contributed by atoms with Crippen molar-refractivity contribution in [3.05, 3.63) is 16.4 Å². The van der Waals surface area contributed by atoms with E-state index in [1.807, 2.05) is 11.6 Å². The summed E-state index contributed by atoms with van der Waals surface area (Å²) in [6, 6.07) is 0.168. The summed E-state index contributed by atoms with van der Waals surface area (Å²) < 4.78 is 1.95. The molecule has 0 aliphatic carbocycles. The molecule has 1 unspecified atom stereocenters. The van der Waals surface area contributed by atoms with Crippen molar-refractivity contribution in [2.75, 3.05) is 0 Å². The fourth-order valence-corrected chi connectivity index (χ4v) is 2.08. The third kappa shape index (κ3) is 3.21. The molecular weight excluding hydrogens is 236 g/mol. The summed E-state index contributed by atoms with van der Waals surface area (Å²) in [5, 5.41) is 5.17. The topological polar surface area (TPSA) is 55.9 Å². The maximum atomic E-state index is 6.29. The van der Waals surface area contributed by atoms with Crippen LogP contribution in [0.1, 0.15) is 39.1 Å². The first-order valence-corrected chi connectivity index (χ1v) is 6.37. The van der Waals surface area contributed by atoms with Crippen LogP contribution in [0.25, 0.3) is 0 Å². The molecule has 0 aliphatic rings. The summed E-state index contributed by atoms with van der Waals surface area (Å²) in [5.41, 5.74) is 4.90. The molecule has 1 rings (SSSR count). The van der Waals surface area contributed by atoms with E-state index in [1.54, 1.807) is 0 Å². The van der Waals surface area contributed by atoms with Crippen molar-refractivity contribution in [2.45, 2.75) is 53.6 Å². The van der Waals surface area contributed by atoms with Gasteiger partial charge in [-0.2, -0.15) is 5.10 Å². The van der Waals surface area contributed by atoms with Crippen molar-refractivity contribution >= 4 is 11.6 Å². The SMILES string of the molecule is CCn1nc(C)c(Cl)c1CC(NN)C(C)(C)C. The van der Waals surface area contributed by atoms with Gasteiger partial charge in [0.15, 0.2) is 0 Å². The van der Waals surface area contributed by atoms with E-state index in [4.69, 9.17) is 17.4 Å². The summed E-state index contributed by atoms with van der Waals surface area (Å²) in [6.07, 6.45) is 0.785. The number of halogens is 1. The van der Waals surface area contributed by atoms with Crippen molar-refractivity contribution < 1.29 is 0 Å². The Kier molecular flexibility index (Phi) is 4.58. The van der Waals surface area contributed by atoms with Crippen LogP contribution in [-0.2, 0) is 13.0 Å². The first-order valence-electron chi connectivity index (χ1n) is 5.99. The summed E-state index contributed by atoms with van der Waals surface area (Å²) in [4.78, 5) is 0. The minimum Gasteiger partial charge on any atom is -0.271 e. The molecule has 0 aliphatic heterocycles. The van der Waals surface area contributed by atoms with Crippen LogP contribution < -0.4 is 11.3 Å². The highest BCUT2D eigenvalue weighted by atomic mass is 35.5. The number of nitrogens with one attached hydrogen (secondary N) is 1. The standard InChI is InChI=1S/C12H23ClN4/c1-6-17-9(11(13)8(2)16-17)7-10(15-14)12(3,4)5/h10,15H,6-7,14H2,1-5H3. The lowest BCUT2D eigenvalue weighted by molar-refractivity contribution is 0.265. The Balaban J connectivity index is 3.01. The van der Waals surface area contributed by atoms with Gasteiger partial charge in [0.1, 0.15) is 0 Å². The van der Waals surface area contributed by atoms with Crippen LogP contribution in [0.2, 0.25) is 5.02 Å². The molecule has 0 spiro atoms. The summed E-state index contributed by atoms with van der Waals surface area (Å²) in [7, 11) is 0. The Bertz CT molecular complexity index is 379. The van der Waals surface area contributed by atoms with E-state index in [0.29, 0.717) is 0 Å². The predicted octanol–water partition coefficient (Wildman–Crippen LogP) is 2.29. The number of aryl methyl sites for hydroxylation is 2. The van der Waals surface area contributed by atoms with E-state index in [0.717, 1.165) is 29.4 Å². The van der Waals surface area contributed by atoms with Crippen molar-refractivity contribution in [2.24, 2.45) is 11.3 Å². The zero-order valence-corrected chi connectivity index (χ0v) is 12.1. The molecule has 0 saturated carbocycles. The monoisotopic (exact) mass is 258 g/mol. The van der Waals surface area contributed by atoms with Gasteiger partial charge in [0.05, 0.1) is 16.4 Å². The zero-order valence-electron chi connectivity index (χ0n) is 11.3. The van der Waals surface area contributed by atoms with E-state index >= 15 is 0 Å². The smallest absolute Gasteiger partial charge is 0.0847 e. The molecule has 17 heavy (non-hydrogen) atoms. The van der Waals surface area contributed by atoms with Crippen LogP contribution in [-0.4, -0.2) is 15.8 Å². The number of hydrogen-bond donors (Lipinski definition) is 2. The fourth-order valence-electron chi connectivity index (χ4n) is 1.87. The van der Waals surface area contributed by atoms with Crippen LogP contribution in [0.15, 0.2) is 0 Å². The number of hydrazine groups is 1. The average molecular weight is 259 g/mol. The zero-order chi connectivity index (χ0) is 13.2. The molecule has 98 valence electrons. The van der Waals surface area contributed by atoms with Crippen molar-refractivity contribution in [1.82, 2.24) is 15.2 Å². The molecule has 1 atom stereocenters. The fraction of sp³-hybridized carbons (Fsp3) is 0.750. The Hall–Kier alpha value is -0.580. The molecule has 0 fully saturated rings. The third-order valence-corrected chi connectivity index (χ3v) is 3.59. The Morgan fingerprint density at radius 2 is 2.06 bits per heavy atom. The van der Waals surface area contributed by atoms with Gasteiger partial charge >= 0.3 is 0 Å². The molecular formula is C12H23ClN4. The Labute approximate surface area is 108 Å².